The van der Waals surface area contributed by atoms with Gasteiger partial charge in [0.2, 0.25) is 0 Å². The lowest BCUT2D eigenvalue weighted by atomic mass is 10.0. The predicted molar refractivity (Wildman–Crippen MR) is 60.9 cm³/mol. The molecule has 0 aromatic carbocycles. The van der Waals surface area contributed by atoms with Crippen LogP contribution in [0.2, 0.25) is 0 Å². The van der Waals surface area contributed by atoms with Crippen LogP contribution >= 0.6 is 0 Å². The summed E-state index contributed by atoms with van der Waals surface area (Å²) < 4.78 is 6.17. The van der Waals surface area contributed by atoms with Crippen molar-refractivity contribution in [1.29, 1.82) is 0 Å². The van der Waals surface area contributed by atoms with Gasteiger partial charge >= 0.3 is 0 Å². The largest absolute Gasteiger partial charge is 0.355 e. The minimum atomic E-state index is -0.00676. The molecule has 2 fully saturated rings. The first-order chi connectivity index (χ1) is 7.10. The molecule has 0 amide bonds. The van der Waals surface area contributed by atoms with Crippen LogP contribution in [0.15, 0.2) is 0 Å². The van der Waals surface area contributed by atoms with Crippen LogP contribution in [-0.4, -0.2) is 69.0 Å². The average Bonchev–Trinajstić information content (AvgIpc) is 2.54. The topological polar surface area (TPSA) is 27.7 Å². The van der Waals surface area contributed by atoms with Crippen LogP contribution in [-0.2, 0) is 4.74 Å². The van der Waals surface area contributed by atoms with Gasteiger partial charge in [0.05, 0.1) is 6.10 Å². The van der Waals surface area contributed by atoms with Crippen LogP contribution in [0.5, 0.6) is 0 Å². The fourth-order valence-corrected chi connectivity index (χ4v) is 2.49. The zero-order valence-corrected chi connectivity index (χ0v) is 10.1. The van der Waals surface area contributed by atoms with Crippen molar-refractivity contribution in [2.24, 2.45) is 0 Å². The fraction of sp³-hybridized carbons (Fsp3) is 1.00. The third kappa shape index (κ3) is 2.69. The number of likely N-dealkylation sites (N-methyl/N-ethyl adjacent to an activating group) is 1. The number of likely N-dealkylation sites (tertiary alicyclic amines) is 1. The normalized spacial score (nSPS) is 31.6. The molecule has 2 saturated heterocycles. The summed E-state index contributed by atoms with van der Waals surface area (Å²) >= 11 is 0. The highest BCUT2D eigenvalue weighted by molar-refractivity contribution is 4.92. The minimum absolute atomic E-state index is 0.00676. The number of nitrogens with zero attached hydrogens (tertiary/aromatic N) is 2. The highest BCUT2D eigenvalue weighted by atomic mass is 16.5. The van der Waals surface area contributed by atoms with Gasteiger partial charge in [-0.3, -0.25) is 5.32 Å². The minimum Gasteiger partial charge on any atom is -0.355 e. The van der Waals surface area contributed by atoms with Crippen molar-refractivity contribution in [2.45, 2.75) is 24.7 Å². The Morgan fingerprint density at radius 1 is 1.40 bits per heavy atom. The van der Waals surface area contributed by atoms with Crippen LogP contribution in [0.1, 0.15) is 12.8 Å². The maximum absolute atomic E-state index is 6.17. The first-order valence-corrected chi connectivity index (χ1v) is 5.86. The summed E-state index contributed by atoms with van der Waals surface area (Å²) in [5.74, 6) is 0. The Kier molecular flexibility index (Phi) is 3.30. The van der Waals surface area contributed by atoms with Gasteiger partial charge in [-0.05, 0) is 21.1 Å². The van der Waals surface area contributed by atoms with E-state index in [1.54, 1.807) is 0 Å². The van der Waals surface area contributed by atoms with Crippen LogP contribution in [0.4, 0.5) is 0 Å². The van der Waals surface area contributed by atoms with Gasteiger partial charge in [0.15, 0.2) is 0 Å². The van der Waals surface area contributed by atoms with Crippen LogP contribution < -0.4 is 5.32 Å². The van der Waals surface area contributed by atoms with Gasteiger partial charge in [0.1, 0.15) is 5.72 Å². The molecule has 0 radical (unpaired) electrons. The molecule has 4 nitrogen and oxygen atoms in total. The lowest BCUT2D eigenvalue weighted by Crippen LogP contribution is -2.50. The molecule has 2 aliphatic rings. The maximum atomic E-state index is 6.17. The molecular formula is C11H23N3O. The molecule has 2 aliphatic heterocycles. The lowest BCUT2D eigenvalue weighted by Gasteiger charge is -2.37. The Balaban J connectivity index is 1.85. The molecule has 1 spiro atoms. The van der Waals surface area contributed by atoms with E-state index >= 15 is 0 Å². The van der Waals surface area contributed by atoms with Crippen LogP contribution in [0, 0.1) is 0 Å². The number of piperidine rings is 1. The first-order valence-electron chi connectivity index (χ1n) is 5.86. The van der Waals surface area contributed by atoms with Crippen molar-refractivity contribution in [3.63, 3.8) is 0 Å². The van der Waals surface area contributed by atoms with Gasteiger partial charge in [-0.1, -0.05) is 0 Å². The van der Waals surface area contributed by atoms with Crippen LogP contribution in [0.25, 0.3) is 0 Å². The van der Waals surface area contributed by atoms with Crippen molar-refractivity contribution in [3.8, 4) is 0 Å². The number of ether oxygens (including phenoxy) is 1. The molecule has 0 saturated carbocycles. The molecule has 1 unspecified atom stereocenters. The summed E-state index contributed by atoms with van der Waals surface area (Å²) in [5.41, 5.74) is -0.00676. The Labute approximate surface area is 92.6 Å². The van der Waals surface area contributed by atoms with E-state index < -0.39 is 0 Å². The van der Waals surface area contributed by atoms with E-state index in [1.807, 2.05) is 0 Å². The third-order valence-electron chi connectivity index (χ3n) is 3.41. The van der Waals surface area contributed by atoms with Crippen molar-refractivity contribution >= 4 is 0 Å². The summed E-state index contributed by atoms with van der Waals surface area (Å²) in [6.07, 6.45) is 2.60. The van der Waals surface area contributed by atoms with E-state index in [2.05, 4.69) is 36.3 Å². The number of hydrogen-bond donors (Lipinski definition) is 1. The van der Waals surface area contributed by atoms with Gasteiger partial charge in [-0.25, -0.2) is 0 Å². The first kappa shape index (κ1) is 11.3. The molecule has 0 bridgehead atoms. The molecule has 1 N–H and O–H groups in total. The maximum Gasteiger partial charge on any atom is 0.122 e. The summed E-state index contributed by atoms with van der Waals surface area (Å²) in [4.78, 5) is 4.57. The molecule has 0 aliphatic carbocycles. The lowest BCUT2D eigenvalue weighted by molar-refractivity contribution is -0.0875. The van der Waals surface area contributed by atoms with E-state index in [0.29, 0.717) is 6.10 Å². The molecule has 2 rings (SSSR count). The predicted octanol–water partition coefficient (Wildman–Crippen LogP) is -0.0417. The summed E-state index contributed by atoms with van der Waals surface area (Å²) in [7, 11) is 6.38. The quantitative estimate of drug-likeness (QED) is 0.696. The molecular weight excluding hydrogens is 190 g/mol. The van der Waals surface area contributed by atoms with Gasteiger partial charge < -0.3 is 14.5 Å². The second kappa shape index (κ2) is 4.37. The van der Waals surface area contributed by atoms with E-state index in [1.165, 1.54) is 0 Å². The Hall–Kier alpha value is -0.160. The molecule has 88 valence electrons. The number of hydrogen-bond acceptors (Lipinski definition) is 4. The zero-order chi connectivity index (χ0) is 10.9. The number of nitrogens with one attached hydrogen (secondary N) is 1. The van der Waals surface area contributed by atoms with Crippen molar-refractivity contribution in [2.75, 3.05) is 47.3 Å². The second-order valence-corrected chi connectivity index (χ2v) is 5.18. The summed E-state index contributed by atoms with van der Waals surface area (Å²) in [5, 5.41) is 3.57. The number of rotatable bonds is 2. The standard InChI is InChI=1S/C11H23N3O/c1-13(2)9-10-8-12-11(15-10)4-6-14(3)7-5-11/h10,12H,4-9H2,1-3H3. The van der Waals surface area contributed by atoms with Gasteiger partial charge in [0, 0.05) is 39.0 Å². The third-order valence-corrected chi connectivity index (χ3v) is 3.41. The fourth-order valence-electron chi connectivity index (χ4n) is 2.49. The van der Waals surface area contributed by atoms with E-state index in [0.717, 1.165) is 39.0 Å². The highest BCUT2D eigenvalue weighted by Crippen LogP contribution is 2.28. The summed E-state index contributed by atoms with van der Waals surface area (Å²) in [6, 6.07) is 0. The molecule has 1 atom stereocenters. The molecule has 4 heteroatoms. The van der Waals surface area contributed by atoms with Crippen molar-refractivity contribution in [1.82, 2.24) is 15.1 Å². The van der Waals surface area contributed by atoms with E-state index in [-0.39, 0.29) is 5.72 Å². The Bertz CT molecular complexity index is 212. The Morgan fingerprint density at radius 3 is 2.67 bits per heavy atom. The van der Waals surface area contributed by atoms with Gasteiger partial charge in [-0.15, -0.1) is 0 Å². The molecule has 0 aromatic heterocycles. The zero-order valence-electron chi connectivity index (χ0n) is 10.1. The Morgan fingerprint density at radius 2 is 2.07 bits per heavy atom. The van der Waals surface area contributed by atoms with E-state index in [9.17, 15) is 0 Å². The summed E-state index contributed by atoms with van der Waals surface area (Å²) in [6.45, 7) is 4.30. The average molecular weight is 213 g/mol. The van der Waals surface area contributed by atoms with E-state index in [4.69, 9.17) is 4.74 Å². The van der Waals surface area contributed by atoms with Crippen molar-refractivity contribution in [3.05, 3.63) is 0 Å². The van der Waals surface area contributed by atoms with Gasteiger partial charge in [-0.2, -0.15) is 0 Å². The monoisotopic (exact) mass is 213 g/mol. The molecule has 2 heterocycles. The SMILES string of the molecule is CN(C)CC1CNC2(CCN(C)CC2)O1. The molecule has 15 heavy (non-hydrogen) atoms. The van der Waals surface area contributed by atoms with Crippen molar-refractivity contribution < 1.29 is 4.74 Å². The van der Waals surface area contributed by atoms with Gasteiger partial charge in [0.25, 0.3) is 0 Å². The second-order valence-electron chi connectivity index (χ2n) is 5.18. The highest BCUT2D eigenvalue weighted by Gasteiger charge is 2.41. The van der Waals surface area contributed by atoms with Crippen LogP contribution in [0.3, 0.4) is 0 Å². The molecule has 0 aromatic rings. The smallest absolute Gasteiger partial charge is 0.122 e.